The highest BCUT2D eigenvalue weighted by Gasteiger charge is 2.22. The zero-order valence-electron chi connectivity index (χ0n) is 9.79. The smallest absolute Gasteiger partial charge is 0.138 e. The lowest BCUT2D eigenvalue weighted by Crippen LogP contribution is -2.12. The summed E-state index contributed by atoms with van der Waals surface area (Å²) in [6.07, 6.45) is 1.92. The molecule has 0 radical (unpaired) electrons. The standard InChI is InChI=1S/C12H16ClN3/c1-12(2,3)10-11(13)16-5-4-8(7-14)6-9(16)15-10/h4-6H,7,14H2,1-3H3. The van der Waals surface area contributed by atoms with Crippen molar-refractivity contribution in [3.05, 3.63) is 34.7 Å². The second-order valence-electron chi connectivity index (χ2n) is 4.97. The van der Waals surface area contributed by atoms with Crippen LogP contribution in [0.25, 0.3) is 5.65 Å². The lowest BCUT2D eigenvalue weighted by molar-refractivity contribution is 0.573. The molecule has 2 aromatic rings. The van der Waals surface area contributed by atoms with Crippen molar-refractivity contribution in [3.63, 3.8) is 0 Å². The molecule has 3 nitrogen and oxygen atoms in total. The van der Waals surface area contributed by atoms with E-state index >= 15 is 0 Å². The molecule has 0 amide bonds. The van der Waals surface area contributed by atoms with Crippen LogP contribution in [0.4, 0.5) is 0 Å². The number of hydrogen-bond donors (Lipinski definition) is 1. The molecule has 0 aliphatic carbocycles. The van der Waals surface area contributed by atoms with Gasteiger partial charge in [-0.15, -0.1) is 0 Å². The molecule has 0 aromatic carbocycles. The van der Waals surface area contributed by atoms with Crippen molar-refractivity contribution in [1.82, 2.24) is 9.38 Å². The molecule has 0 bridgehead atoms. The predicted octanol–water partition coefficient (Wildman–Crippen LogP) is 2.74. The van der Waals surface area contributed by atoms with Crippen LogP contribution in [-0.4, -0.2) is 9.38 Å². The topological polar surface area (TPSA) is 43.3 Å². The number of fused-ring (bicyclic) bond motifs is 1. The molecule has 2 N–H and O–H groups in total. The van der Waals surface area contributed by atoms with Crippen LogP contribution in [0.15, 0.2) is 18.3 Å². The molecule has 2 aromatic heterocycles. The van der Waals surface area contributed by atoms with Gasteiger partial charge >= 0.3 is 0 Å². The number of hydrogen-bond acceptors (Lipinski definition) is 2. The predicted molar refractivity (Wildman–Crippen MR) is 66.8 cm³/mol. The maximum Gasteiger partial charge on any atom is 0.138 e. The number of rotatable bonds is 1. The van der Waals surface area contributed by atoms with Gasteiger partial charge in [0.05, 0.1) is 5.69 Å². The monoisotopic (exact) mass is 237 g/mol. The molecule has 0 saturated heterocycles. The molecule has 0 fully saturated rings. The van der Waals surface area contributed by atoms with Gasteiger partial charge in [0.1, 0.15) is 10.8 Å². The second kappa shape index (κ2) is 3.75. The van der Waals surface area contributed by atoms with Crippen LogP contribution in [0.2, 0.25) is 5.15 Å². The van der Waals surface area contributed by atoms with Crippen molar-refractivity contribution in [2.24, 2.45) is 5.73 Å². The van der Waals surface area contributed by atoms with Crippen LogP contribution < -0.4 is 5.73 Å². The van der Waals surface area contributed by atoms with Crippen LogP contribution >= 0.6 is 11.6 Å². The lowest BCUT2D eigenvalue weighted by atomic mass is 9.93. The summed E-state index contributed by atoms with van der Waals surface area (Å²) in [6, 6.07) is 3.94. The molecule has 0 aliphatic rings. The quantitative estimate of drug-likeness (QED) is 0.829. The highest BCUT2D eigenvalue weighted by atomic mass is 35.5. The Morgan fingerprint density at radius 1 is 1.44 bits per heavy atom. The summed E-state index contributed by atoms with van der Waals surface area (Å²) in [6.45, 7) is 6.82. The molecule has 0 saturated carbocycles. The van der Waals surface area contributed by atoms with Crippen molar-refractivity contribution in [2.45, 2.75) is 32.7 Å². The number of nitrogens with zero attached hydrogens (tertiary/aromatic N) is 2. The minimum Gasteiger partial charge on any atom is -0.326 e. The largest absolute Gasteiger partial charge is 0.326 e. The van der Waals surface area contributed by atoms with Gasteiger partial charge in [-0.2, -0.15) is 0 Å². The van der Waals surface area contributed by atoms with Gasteiger partial charge in [-0.25, -0.2) is 4.98 Å². The van der Waals surface area contributed by atoms with Gasteiger partial charge in [0, 0.05) is 18.2 Å². The van der Waals surface area contributed by atoms with Gasteiger partial charge in [-0.1, -0.05) is 32.4 Å². The summed E-state index contributed by atoms with van der Waals surface area (Å²) < 4.78 is 1.89. The summed E-state index contributed by atoms with van der Waals surface area (Å²) in [5, 5.41) is 0.686. The van der Waals surface area contributed by atoms with Gasteiger partial charge in [0.25, 0.3) is 0 Å². The van der Waals surface area contributed by atoms with E-state index in [1.54, 1.807) is 0 Å². The van der Waals surface area contributed by atoms with E-state index in [2.05, 4.69) is 25.8 Å². The van der Waals surface area contributed by atoms with Gasteiger partial charge in [0.15, 0.2) is 0 Å². The first-order valence-corrected chi connectivity index (χ1v) is 5.68. The summed E-state index contributed by atoms with van der Waals surface area (Å²) in [4.78, 5) is 4.57. The zero-order valence-corrected chi connectivity index (χ0v) is 10.5. The first kappa shape index (κ1) is 11.4. The molecular weight excluding hydrogens is 222 g/mol. The number of aromatic nitrogens is 2. The maximum atomic E-state index is 6.31. The fourth-order valence-corrected chi connectivity index (χ4v) is 2.13. The highest BCUT2D eigenvalue weighted by Crippen LogP contribution is 2.29. The van der Waals surface area contributed by atoms with Crippen LogP contribution in [-0.2, 0) is 12.0 Å². The van der Waals surface area contributed by atoms with Crippen LogP contribution in [0.5, 0.6) is 0 Å². The molecular formula is C12H16ClN3. The Bertz CT molecular complexity index is 523. The van der Waals surface area contributed by atoms with Gasteiger partial charge in [-0.3, -0.25) is 4.40 Å². The Hall–Kier alpha value is -1.06. The van der Waals surface area contributed by atoms with Crippen LogP contribution in [0.3, 0.4) is 0 Å². The third-order valence-corrected chi connectivity index (χ3v) is 2.94. The third-order valence-electron chi connectivity index (χ3n) is 2.58. The summed E-state index contributed by atoms with van der Waals surface area (Å²) in [5.41, 5.74) is 8.40. The Morgan fingerprint density at radius 2 is 2.12 bits per heavy atom. The van der Waals surface area contributed by atoms with E-state index in [1.165, 1.54) is 0 Å². The Kier molecular flexibility index (Phi) is 2.68. The van der Waals surface area contributed by atoms with Gasteiger partial charge < -0.3 is 5.73 Å². The van der Waals surface area contributed by atoms with Crippen molar-refractivity contribution >= 4 is 17.2 Å². The molecule has 0 spiro atoms. The second-order valence-corrected chi connectivity index (χ2v) is 5.33. The van der Waals surface area contributed by atoms with E-state index in [0.717, 1.165) is 16.9 Å². The third kappa shape index (κ3) is 1.81. The van der Waals surface area contributed by atoms with E-state index in [-0.39, 0.29) is 5.41 Å². The van der Waals surface area contributed by atoms with Gasteiger partial charge in [0.2, 0.25) is 0 Å². The Balaban J connectivity index is 2.68. The first-order valence-electron chi connectivity index (χ1n) is 5.30. The zero-order chi connectivity index (χ0) is 11.9. The number of imidazole rings is 1. The fourth-order valence-electron chi connectivity index (χ4n) is 1.66. The maximum absolute atomic E-state index is 6.31. The van der Waals surface area contributed by atoms with Gasteiger partial charge in [-0.05, 0) is 17.7 Å². The van der Waals surface area contributed by atoms with Crippen molar-refractivity contribution < 1.29 is 0 Å². The summed E-state index contributed by atoms with van der Waals surface area (Å²) in [5.74, 6) is 0. The van der Waals surface area contributed by atoms with E-state index in [1.807, 2.05) is 22.7 Å². The molecule has 2 heterocycles. The van der Waals surface area contributed by atoms with Crippen molar-refractivity contribution in [2.75, 3.05) is 0 Å². The molecule has 2 rings (SSSR count). The fraction of sp³-hybridized carbons (Fsp3) is 0.417. The normalized spacial score (nSPS) is 12.3. The van der Waals surface area contributed by atoms with E-state index in [4.69, 9.17) is 17.3 Å². The number of pyridine rings is 1. The van der Waals surface area contributed by atoms with Crippen LogP contribution in [0.1, 0.15) is 32.0 Å². The minimum atomic E-state index is -0.0496. The molecule has 0 atom stereocenters. The van der Waals surface area contributed by atoms with E-state index in [0.29, 0.717) is 11.7 Å². The molecule has 16 heavy (non-hydrogen) atoms. The Morgan fingerprint density at radius 3 is 2.69 bits per heavy atom. The van der Waals surface area contributed by atoms with Crippen molar-refractivity contribution in [1.29, 1.82) is 0 Å². The van der Waals surface area contributed by atoms with Crippen LogP contribution in [0, 0.1) is 0 Å². The highest BCUT2D eigenvalue weighted by molar-refractivity contribution is 6.30. The number of halogens is 1. The van der Waals surface area contributed by atoms with Crippen molar-refractivity contribution in [3.8, 4) is 0 Å². The minimum absolute atomic E-state index is 0.0496. The van der Waals surface area contributed by atoms with E-state index < -0.39 is 0 Å². The average Bonchev–Trinajstić information content (AvgIpc) is 2.55. The summed E-state index contributed by atoms with van der Waals surface area (Å²) >= 11 is 6.31. The first-order chi connectivity index (χ1) is 7.43. The molecule has 0 aliphatic heterocycles. The summed E-state index contributed by atoms with van der Waals surface area (Å²) in [7, 11) is 0. The molecule has 0 unspecified atom stereocenters. The molecule has 4 heteroatoms. The lowest BCUT2D eigenvalue weighted by Gasteiger charge is -2.15. The number of nitrogens with two attached hydrogens (primary N) is 1. The Labute approximate surface area is 100 Å². The molecule has 86 valence electrons. The SMILES string of the molecule is CC(C)(C)c1nc2cc(CN)ccn2c1Cl. The average molecular weight is 238 g/mol. The van der Waals surface area contributed by atoms with E-state index in [9.17, 15) is 0 Å².